The van der Waals surface area contributed by atoms with E-state index in [1.807, 2.05) is 0 Å². The summed E-state index contributed by atoms with van der Waals surface area (Å²) in [5.41, 5.74) is 0.806. The van der Waals surface area contributed by atoms with Crippen LogP contribution in [-0.4, -0.2) is 26.0 Å². The third kappa shape index (κ3) is 3.50. The van der Waals surface area contributed by atoms with Crippen LogP contribution in [0.15, 0.2) is 30.3 Å². The minimum absolute atomic E-state index is 0.0175. The first-order valence-electron chi connectivity index (χ1n) is 6.02. The molecule has 0 bridgehead atoms. The van der Waals surface area contributed by atoms with Crippen LogP contribution in [-0.2, 0) is 6.54 Å². The average Bonchev–Trinajstić information content (AvgIpc) is 2.44. The monoisotopic (exact) mass is 288 g/mol. The molecule has 0 aliphatic heterocycles. The molecular formula is C13H12N4O4. The van der Waals surface area contributed by atoms with Crippen LogP contribution in [0.2, 0.25) is 0 Å². The van der Waals surface area contributed by atoms with Gasteiger partial charge in [-0.15, -0.1) is 0 Å². The predicted molar refractivity (Wildman–Crippen MR) is 74.2 cm³/mol. The summed E-state index contributed by atoms with van der Waals surface area (Å²) in [6.07, 6.45) is 0. The topological polar surface area (TPSA) is 118 Å². The Bertz CT molecular complexity index is 702. The van der Waals surface area contributed by atoms with Gasteiger partial charge < -0.3 is 10.4 Å². The van der Waals surface area contributed by atoms with Crippen LogP contribution in [0.1, 0.15) is 21.7 Å². The zero-order chi connectivity index (χ0) is 15.4. The zero-order valence-electron chi connectivity index (χ0n) is 11.1. The Hall–Kier alpha value is -3.03. The molecule has 0 atom stereocenters. The Balaban J connectivity index is 2.21. The number of aromatic nitrogens is 2. The summed E-state index contributed by atoms with van der Waals surface area (Å²) in [7, 11) is 0. The summed E-state index contributed by atoms with van der Waals surface area (Å²) in [4.78, 5) is 29.2. The van der Waals surface area contributed by atoms with Crippen molar-refractivity contribution in [1.82, 2.24) is 9.97 Å². The van der Waals surface area contributed by atoms with E-state index in [0.29, 0.717) is 11.3 Å². The van der Waals surface area contributed by atoms with Crippen molar-refractivity contribution >= 4 is 17.6 Å². The highest BCUT2D eigenvalue weighted by molar-refractivity contribution is 5.85. The largest absolute Gasteiger partial charge is 0.477 e. The number of anilines is 1. The van der Waals surface area contributed by atoms with E-state index in [4.69, 9.17) is 5.11 Å². The fourth-order valence-electron chi connectivity index (χ4n) is 1.77. The van der Waals surface area contributed by atoms with E-state index in [0.717, 1.165) is 0 Å². The van der Waals surface area contributed by atoms with Crippen molar-refractivity contribution in [1.29, 1.82) is 0 Å². The Kier molecular flexibility index (Phi) is 4.07. The number of aromatic carboxylic acids is 1. The molecule has 2 rings (SSSR count). The second kappa shape index (κ2) is 5.95. The van der Waals surface area contributed by atoms with E-state index in [1.165, 1.54) is 12.1 Å². The number of para-hydroxylation sites is 1. The number of aryl methyl sites for hydroxylation is 1. The van der Waals surface area contributed by atoms with Crippen molar-refractivity contribution in [2.24, 2.45) is 0 Å². The molecule has 0 radical (unpaired) electrons. The Labute approximate surface area is 119 Å². The number of hydrogen-bond acceptors (Lipinski definition) is 6. The Morgan fingerprint density at radius 1 is 1.38 bits per heavy atom. The molecule has 8 heteroatoms. The molecule has 1 heterocycles. The highest BCUT2D eigenvalue weighted by Gasteiger charge is 2.13. The van der Waals surface area contributed by atoms with E-state index in [-0.39, 0.29) is 23.9 Å². The second-order valence-electron chi connectivity index (χ2n) is 4.26. The molecule has 0 fully saturated rings. The molecule has 0 aliphatic carbocycles. The molecule has 0 saturated carbocycles. The molecular weight excluding hydrogens is 276 g/mol. The van der Waals surface area contributed by atoms with Gasteiger partial charge in [0.05, 0.1) is 4.92 Å². The van der Waals surface area contributed by atoms with Crippen LogP contribution >= 0.6 is 0 Å². The first kappa shape index (κ1) is 14.4. The van der Waals surface area contributed by atoms with Crippen LogP contribution in [0.25, 0.3) is 0 Å². The highest BCUT2D eigenvalue weighted by Crippen LogP contribution is 2.18. The van der Waals surface area contributed by atoms with Gasteiger partial charge in [0, 0.05) is 23.9 Å². The molecule has 0 amide bonds. The van der Waals surface area contributed by atoms with Crippen molar-refractivity contribution in [2.75, 3.05) is 5.32 Å². The first-order chi connectivity index (χ1) is 9.97. The maximum absolute atomic E-state index is 10.9. The fourth-order valence-corrected chi connectivity index (χ4v) is 1.77. The van der Waals surface area contributed by atoms with Gasteiger partial charge in [-0.1, -0.05) is 18.2 Å². The number of hydrogen-bond donors (Lipinski definition) is 2. The molecule has 0 aliphatic rings. The van der Waals surface area contributed by atoms with Crippen molar-refractivity contribution in [3.8, 4) is 0 Å². The third-order valence-corrected chi connectivity index (χ3v) is 2.70. The third-order valence-electron chi connectivity index (χ3n) is 2.70. The number of carboxylic acids is 1. The van der Waals surface area contributed by atoms with Crippen molar-refractivity contribution in [2.45, 2.75) is 13.5 Å². The van der Waals surface area contributed by atoms with Gasteiger partial charge in [0.2, 0.25) is 5.95 Å². The number of carboxylic acid groups (broad SMARTS) is 1. The average molecular weight is 288 g/mol. The second-order valence-corrected chi connectivity index (χ2v) is 4.26. The van der Waals surface area contributed by atoms with Gasteiger partial charge in [0.1, 0.15) is 0 Å². The number of nitro groups is 1. The maximum Gasteiger partial charge on any atom is 0.354 e. The van der Waals surface area contributed by atoms with E-state index in [2.05, 4.69) is 15.3 Å². The summed E-state index contributed by atoms with van der Waals surface area (Å²) in [6.45, 7) is 1.77. The summed E-state index contributed by atoms with van der Waals surface area (Å²) in [6, 6.07) is 7.62. The quantitative estimate of drug-likeness (QED) is 0.638. The van der Waals surface area contributed by atoms with E-state index in [9.17, 15) is 14.9 Å². The van der Waals surface area contributed by atoms with Crippen LogP contribution in [0, 0.1) is 17.0 Å². The normalized spacial score (nSPS) is 10.1. The number of carbonyl (C=O) groups is 1. The molecule has 2 N–H and O–H groups in total. The molecule has 1 aromatic heterocycles. The van der Waals surface area contributed by atoms with Gasteiger partial charge in [-0.3, -0.25) is 10.1 Å². The van der Waals surface area contributed by atoms with Gasteiger partial charge >= 0.3 is 5.97 Å². The molecule has 8 nitrogen and oxygen atoms in total. The highest BCUT2D eigenvalue weighted by atomic mass is 16.6. The Morgan fingerprint density at radius 3 is 2.76 bits per heavy atom. The van der Waals surface area contributed by atoms with E-state index in [1.54, 1.807) is 25.1 Å². The standard InChI is InChI=1S/C13H12N4O4/c1-8-6-10(12(18)19)16-13(15-8)14-7-9-4-2-3-5-11(9)17(20)21/h2-6H,7H2,1H3,(H,18,19)(H,14,15,16). The van der Waals surface area contributed by atoms with Gasteiger partial charge in [-0.25, -0.2) is 14.8 Å². The van der Waals surface area contributed by atoms with Gasteiger partial charge in [0.25, 0.3) is 5.69 Å². The smallest absolute Gasteiger partial charge is 0.354 e. The lowest BCUT2D eigenvalue weighted by atomic mass is 10.2. The maximum atomic E-state index is 10.9. The number of benzene rings is 1. The SMILES string of the molecule is Cc1cc(C(=O)O)nc(NCc2ccccc2[N+](=O)[O-])n1. The lowest BCUT2D eigenvalue weighted by Gasteiger charge is -2.07. The minimum atomic E-state index is -1.16. The van der Waals surface area contributed by atoms with Crippen LogP contribution in [0.5, 0.6) is 0 Å². The van der Waals surface area contributed by atoms with Gasteiger partial charge in [-0.05, 0) is 13.0 Å². The molecule has 108 valence electrons. The van der Waals surface area contributed by atoms with Crippen molar-refractivity contribution in [3.63, 3.8) is 0 Å². The van der Waals surface area contributed by atoms with Gasteiger partial charge in [0.15, 0.2) is 5.69 Å². The Morgan fingerprint density at radius 2 is 2.10 bits per heavy atom. The van der Waals surface area contributed by atoms with Crippen molar-refractivity contribution in [3.05, 3.63) is 57.4 Å². The van der Waals surface area contributed by atoms with Crippen LogP contribution in [0.3, 0.4) is 0 Å². The lowest BCUT2D eigenvalue weighted by Crippen LogP contribution is -2.10. The first-order valence-corrected chi connectivity index (χ1v) is 6.02. The molecule has 0 unspecified atom stereocenters. The summed E-state index contributed by atoms with van der Waals surface area (Å²) in [5, 5.41) is 22.6. The zero-order valence-corrected chi connectivity index (χ0v) is 11.1. The number of rotatable bonds is 5. The summed E-state index contributed by atoms with van der Waals surface area (Å²) in [5.74, 6) is -1.04. The number of nitro benzene ring substituents is 1. The molecule has 2 aromatic rings. The number of nitrogens with one attached hydrogen (secondary N) is 1. The van der Waals surface area contributed by atoms with Crippen molar-refractivity contribution < 1.29 is 14.8 Å². The summed E-state index contributed by atoms with van der Waals surface area (Å²) >= 11 is 0. The minimum Gasteiger partial charge on any atom is -0.477 e. The van der Waals surface area contributed by atoms with Crippen LogP contribution in [0.4, 0.5) is 11.6 Å². The van der Waals surface area contributed by atoms with Crippen LogP contribution < -0.4 is 5.32 Å². The molecule has 21 heavy (non-hydrogen) atoms. The molecule has 1 aromatic carbocycles. The van der Waals surface area contributed by atoms with Gasteiger partial charge in [-0.2, -0.15) is 0 Å². The summed E-state index contributed by atoms with van der Waals surface area (Å²) < 4.78 is 0. The van der Waals surface area contributed by atoms with E-state index < -0.39 is 10.9 Å². The number of nitrogens with zero attached hydrogens (tertiary/aromatic N) is 3. The lowest BCUT2D eigenvalue weighted by molar-refractivity contribution is -0.385. The van der Waals surface area contributed by atoms with E-state index >= 15 is 0 Å². The predicted octanol–water partition coefficient (Wildman–Crippen LogP) is 2.00. The fraction of sp³-hybridized carbons (Fsp3) is 0.154. The molecule has 0 saturated heterocycles. The molecule has 0 spiro atoms.